The first-order chi connectivity index (χ1) is 8.75. The minimum atomic E-state index is -0.325. The summed E-state index contributed by atoms with van der Waals surface area (Å²) in [6, 6.07) is 9.66. The number of rotatable bonds is 2. The molecule has 0 aliphatic heterocycles. The Hall–Kier alpha value is -1.74. The van der Waals surface area contributed by atoms with Crippen molar-refractivity contribution < 1.29 is 4.39 Å². The summed E-state index contributed by atoms with van der Waals surface area (Å²) in [6.45, 7) is 0. The van der Waals surface area contributed by atoms with Crippen LogP contribution in [0.3, 0.4) is 0 Å². The third-order valence-corrected chi connectivity index (χ3v) is 3.72. The Bertz CT molecular complexity index is 568. The molecule has 0 fully saturated rings. The highest BCUT2D eigenvalue weighted by Crippen LogP contribution is 2.40. The summed E-state index contributed by atoms with van der Waals surface area (Å²) in [5.74, 6) is -0.0565. The van der Waals surface area contributed by atoms with Crippen LogP contribution in [0.25, 0.3) is 0 Å². The van der Waals surface area contributed by atoms with Crippen LogP contribution < -0.4 is 5.73 Å². The van der Waals surface area contributed by atoms with E-state index in [0.29, 0.717) is 0 Å². The van der Waals surface area contributed by atoms with Crippen LogP contribution in [0, 0.1) is 5.82 Å². The Morgan fingerprint density at radius 2 is 2.11 bits per heavy atom. The lowest BCUT2D eigenvalue weighted by Gasteiger charge is -2.20. The molecule has 18 heavy (non-hydrogen) atoms. The van der Waals surface area contributed by atoms with Gasteiger partial charge in [-0.25, -0.2) is 4.39 Å². The number of fused-ring (bicyclic) bond motifs is 1. The highest BCUT2D eigenvalue weighted by Gasteiger charge is 2.28. The van der Waals surface area contributed by atoms with Crippen LogP contribution in [0.4, 0.5) is 4.39 Å². The first-order valence-electron chi connectivity index (χ1n) is 6.19. The summed E-state index contributed by atoms with van der Waals surface area (Å²) < 4.78 is 13.2. The molecular weight excluding hydrogens is 227 g/mol. The van der Waals surface area contributed by atoms with Gasteiger partial charge >= 0.3 is 0 Å². The van der Waals surface area contributed by atoms with E-state index < -0.39 is 0 Å². The van der Waals surface area contributed by atoms with Crippen LogP contribution in [0.2, 0.25) is 0 Å². The Labute approximate surface area is 106 Å². The normalized spacial score (nSPS) is 19.6. The zero-order chi connectivity index (χ0) is 12.5. The van der Waals surface area contributed by atoms with E-state index >= 15 is 0 Å². The third kappa shape index (κ3) is 1.91. The van der Waals surface area contributed by atoms with Crippen molar-refractivity contribution in [1.29, 1.82) is 0 Å². The number of aryl methyl sites for hydroxylation is 1. The molecule has 1 aliphatic carbocycles. The molecule has 0 saturated carbocycles. The number of benzene rings is 1. The van der Waals surface area contributed by atoms with Crippen LogP contribution in [0.1, 0.15) is 35.1 Å². The van der Waals surface area contributed by atoms with Gasteiger partial charge in [-0.1, -0.05) is 24.3 Å². The van der Waals surface area contributed by atoms with E-state index in [9.17, 15) is 4.39 Å². The summed E-state index contributed by atoms with van der Waals surface area (Å²) >= 11 is 0. The Morgan fingerprint density at radius 1 is 1.28 bits per heavy atom. The molecule has 3 rings (SSSR count). The monoisotopic (exact) mass is 242 g/mol. The van der Waals surface area contributed by atoms with Crippen molar-refractivity contribution in [3.63, 3.8) is 0 Å². The van der Waals surface area contributed by atoms with Crippen molar-refractivity contribution in [2.45, 2.75) is 24.8 Å². The fourth-order valence-electron chi connectivity index (χ4n) is 2.81. The quantitative estimate of drug-likeness (QED) is 0.879. The van der Waals surface area contributed by atoms with Gasteiger partial charge in [-0.05, 0) is 35.6 Å². The van der Waals surface area contributed by atoms with Gasteiger partial charge in [-0.15, -0.1) is 0 Å². The van der Waals surface area contributed by atoms with Gasteiger partial charge in [0, 0.05) is 18.2 Å². The smallest absolute Gasteiger partial charge is 0.141 e. The van der Waals surface area contributed by atoms with Crippen molar-refractivity contribution in [2.75, 3.05) is 0 Å². The number of aromatic nitrogens is 1. The molecule has 2 nitrogen and oxygen atoms in total. The average Bonchev–Trinajstić information content (AvgIpc) is 2.82. The second-order valence-corrected chi connectivity index (χ2v) is 4.81. The van der Waals surface area contributed by atoms with Crippen molar-refractivity contribution >= 4 is 0 Å². The summed E-state index contributed by atoms with van der Waals surface area (Å²) in [5, 5.41) is 0. The summed E-state index contributed by atoms with van der Waals surface area (Å²) in [6.07, 6.45) is 4.95. The van der Waals surface area contributed by atoms with Crippen LogP contribution in [0.5, 0.6) is 0 Å². The molecule has 3 heteroatoms. The lowest BCUT2D eigenvalue weighted by molar-refractivity contribution is 0.541. The molecule has 1 aromatic heterocycles. The van der Waals surface area contributed by atoms with Crippen molar-refractivity contribution in [3.8, 4) is 0 Å². The SMILES string of the molecule is NC(c1cncc(F)c1)C1CCc2ccccc21. The first-order valence-corrected chi connectivity index (χ1v) is 6.19. The first kappa shape index (κ1) is 11.4. The Balaban J connectivity index is 1.93. The van der Waals surface area contributed by atoms with E-state index in [-0.39, 0.29) is 17.8 Å². The largest absolute Gasteiger partial charge is 0.323 e. The number of hydrogen-bond acceptors (Lipinski definition) is 2. The molecule has 1 aliphatic rings. The number of nitrogens with zero attached hydrogens (tertiary/aromatic N) is 1. The molecule has 1 heterocycles. The van der Waals surface area contributed by atoms with Crippen LogP contribution in [-0.2, 0) is 6.42 Å². The number of pyridine rings is 1. The van der Waals surface area contributed by atoms with E-state index in [0.717, 1.165) is 18.4 Å². The molecule has 0 radical (unpaired) electrons. The zero-order valence-corrected chi connectivity index (χ0v) is 10.0. The maximum Gasteiger partial charge on any atom is 0.141 e. The number of halogens is 1. The van der Waals surface area contributed by atoms with Gasteiger partial charge < -0.3 is 5.73 Å². The Kier molecular flexibility index (Phi) is 2.84. The second kappa shape index (κ2) is 4.50. The Morgan fingerprint density at radius 3 is 2.94 bits per heavy atom. The van der Waals surface area contributed by atoms with Crippen molar-refractivity contribution in [1.82, 2.24) is 4.98 Å². The van der Waals surface area contributed by atoms with Gasteiger partial charge in [-0.3, -0.25) is 4.98 Å². The molecule has 1 aromatic carbocycles. The van der Waals surface area contributed by atoms with Gasteiger partial charge in [0.2, 0.25) is 0 Å². The molecule has 2 atom stereocenters. The highest BCUT2D eigenvalue weighted by atomic mass is 19.1. The molecule has 0 bridgehead atoms. The molecule has 2 N–H and O–H groups in total. The van der Waals surface area contributed by atoms with E-state index in [1.807, 2.05) is 6.07 Å². The van der Waals surface area contributed by atoms with Gasteiger partial charge in [0.1, 0.15) is 5.82 Å². The predicted molar refractivity (Wildman–Crippen MR) is 68.6 cm³/mol. The zero-order valence-electron chi connectivity index (χ0n) is 10.0. The molecule has 0 saturated heterocycles. The number of hydrogen-bond donors (Lipinski definition) is 1. The number of nitrogens with two attached hydrogens (primary N) is 1. The van der Waals surface area contributed by atoms with Gasteiger partial charge in [0.25, 0.3) is 0 Å². The molecule has 2 unspecified atom stereocenters. The van der Waals surface area contributed by atoms with Crippen LogP contribution >= 0.6 is 0 Å². The van der Waals surface area contributed by atoms with Crippen LogP contribution in [0.15, 0.2) is 42.7 Å². The second-order valence-electron chi connectivity index (χ2n) is 4.81. The van der Waals surface area contributed by atoms with Crippen molar-refractivity contribution in [2.24, 2.45) is 5.73 Å². The maximum absolute atomic E-state index is 13.2. The van der Waals surface area contributed by atoms with Crippen molar-refractivity contribution in [3.05, 3.63) is 65.2 Å². The highest BCUT2D eigenvalue weighted by molar-refractivity contribution is 5.37. The molecule has 0 spiro atoms. The minimum Gasteiger partial charge on any atom is -0.323 e. The third-order valence-electron chi connectivity index (χ3n) is 3.72. The van der Waals surface area contributed by atoms with E-state index in [1.54, 1.807) is 6.20 Å². The summed E-state index contributed by atoms with van der Waals surface area (Å²) in [5.41, 5.74) is 9.72. The maximum atomic E-state index is 13.2. The lowest BCUT2D eigenvalue weighted by atomic mass is 9.90. The average molecular weight is 242 g/mol. The molecule has 92 valence electrons. The molecule has 2 aromatic rings. The standard InChI is InChI=1S/C15H15FN2/c16-12-7-11(8-18-9-12)15(17)14-6-5-10-3-1-2-4-13(10)14/h1-4,7-9,14-15H,5-6,17H2. The van der Waals surface area contributed by atoms with Gasteiger partial charge in [0.15, 0.2) is 0 Å². The van der Waals surface area contributed by atoms with Crippen LogP contribution in [-0.4, -0.2) is 4.98 Å². The van der Waals surface area contributed by atoms with E-state index in [2.05, 4.69) is 23.2 Å². The van der Waals surface area contributed by atoms with E-state index in [1.165, 1.54) is 23.4 Å². The fourth-order valence-corrected chi connectivity index (χ4v) is 2.81. The molecular formula is C15H15FN2. The topological polar surface area (TPSA) is 38.9 Å². The summed E-state index contributed by atoms with van der Waals surface area (Å²) in [4.78, 5) is 3.88. The van der Waals surface area contributed by atoms with Gasteiger partial charge in [-0.2, -0.15) is 0 Å². The molecule has 0 amide bonds. The minimum absolute atomic E-state index is 0.183. The van der Waals surface area contributed by atoms with Gasteiger partial charge in [0.05, 0.1) is 6.20 Å². The lowest BCUT2D eigenvalue weighted by Crippen LogP contribution is -2.18. The predicted octanol–water partition coefficient (Wildman–Crippen LogP) is 2.95. The fraction of sp³-hybridized carbons (Fsp3) is 0.267. The summed E-state index contributed by atoms with van der Waals surface area (Å²) in [7, 11) is 0. The van der Waals surface area contributed by atoms with E-state index in [4.69, 9.17) is 5.73 Å².